The Morgan fingerprint density at radius 2 is 1.96 bits per heavy atom. The number of amides is 1. The van der Waals surface area contributed by atoms with E-state index in [-0.39, 0.29) is 11.9 Å². The maximum Gasteiger partial charge on any atom is 0.251 e. The number of hydrogen-bond donors (Lipinski definition) is 2. The molecule has 3 rings (SSSR count). The van der Waals surface area contributed by atoms with E-state index >= 15 is 0 Å². The van der Waals surface area contributed by atoms with E-state index in [2.05, 4.69) is 25.6 Å². The zero-order valence-electron chi connectivity index (χ0n) is 13.7. The van der Waals surface area contributed by atoms with E-state index in [4.69, 9.17) is 0 Å². The molecular weight excluding hydrogens is 302 g/mol. The third kappa shape index (κ3) is 3.48. The zero-order valence-corrected chi connectivity index (χ0v) is 13.7. The van der Waals surface area contributed by atoms with Crippen LogP contribution in [0, 0.1) is 0 Å². The van der Waals surface area contributed by atoms with Gasteiger partial charge in [0.15, 0.2) is 0 Å². The topological polar surface area (TPSA) is 79.8 Å². The highest BCUT2D eigenvalue weighted by Crippen LogP contribution is 2.22. The molecule has 0 aliphatic rings. The molecule has 2 aromatic heterocycles. The molecule has 122 valence electrons. The van der Waals surface area contributed by atoms with E-state index in [1.807, 2.05) is 32.0 Å². The summed E-state index contributed by atoms with van der Waals surface area (Å²) in [5, 5.41) is 7.10. The normalized spacial score (nSPS) is 11.9. The summed E-state index contributed by atoms with van der Waals surface area (Å²) in [7, 11) is 0. The number of nitrogens with zero attached hydrogens (tertiary/aromatic N) is 3. The number of rotatable bonds is 5. The van der Waals surface area contributed by atoms with Crippen LogP contribution in [0.1, 0.15) is 30.6 Å². The number of pyridine rings is 1. The molecule has 6 heteroatoms. The largest absolute Gasteiger partial charge is 0.350 e. The smallest absolute Gasteiger partial charge is 0.251 e. The van der Waals surface area contributed by atoms with Crippen molar-refractivity contribution in [3.8, 4) is 0 Å². The summed E-state index contributed by atoms with van der Waals surface area (Å²) in [6.45, 7) is 4.03. The van der Waals surface area contributed by atoms with Gasteiger partial charge in [-0.15, -0.1) is 0 Å². The number of carbonyl (C=O) groups is 1. The summed E-state index contributed by atoms with van der Waals surface area (Å²) in [6.07, 6.45) is 5.81. The summed E-state index contributed by atoms with van der Waals surface area (Å²) >= 11 is 0. The van der Waals surface area contributed by atoms with Gasteiger partial charge in [0.1, 0.15) is 12.1 Å². The third-order valence-corrected chi connectivity index (χ3v) is 3.84. The molecule has 0 aliphatic heterocycles. The van der Waals surface area contributed by atoms with Crippen molar-refractivity contribution in [2.24, 2.45) is 0 Å². The molecule has 2 heterocycles. The highest BCUT2D eigenvalue weighted by Gasteiger charge is 2.09. The number of aromatic nitrogens is 3. The Hall–Kier alpha value is -3.02. The summed E-state index contributed by atoms with van der Waals surface area (Å²) in [5.41, 5.74) is 2.27. The standard InChI is InChI=1S/C18H19N5O/c1-3-12(2)22-18(24)13-4-6-14(7-5-13)23-17-15-8-9-19-10-16(15)20-11-21-17/h4-12H,3H2,1-2H3,(H,22,24)(H,20,21,23). The van der Waals surface area contributed by atoms with Crippen molar-refractivity contribution < 1.29 is 4.79 Å². The Labute approximate surface area is 140 Å². The Morgan fingerprint density at radius 3 is 2.71 bits per heavy atom. The van der Waals surface area contributed by atoms with Crippen molar-refractivity contribution in [1.29, 1.82) is 0 Å². The molecule has 1 atom stereocenters. The third-order valence-electron chi connectivity index (χ3n) is 3.84. The van der Waals surface area contributed by atoms with Gasteiger partial charge in [-0.2, -0.15) is 0 Å². The van der Waals surface area contributed by atoms with Crippen LogP contribution in [0.25, 0.3) is 10.9 Å². The fourth-order valence-corrected chi connectivity index (χ4v) is 2.26. The maximum atomic E-state index is 12.1. The van der Waals surface area contributed by atoms with E-state index in [1.54, 1.807) is 24.5 Å². The van der Waals surface area contributed by atoms with Crippen molar-refractivity contribution in [3.63, 3.8) is 0 Å². The lowest BCUT2D eigenvalue weighted by Crippen LogP contribution is -2.31. The van der Waals surface area contributed by atoms with E-state index in [1.165, 1.54) is 6.33 Å². The van der Waals surface area contributed by atoms with Gasteiger partial charge in [-0.05, 0) is 43.7 Å². The Balaban J connectivity index is 1.77. The average molecular weight is 321 g/mol. The van der Waals surface area contributed by atoms with Crippen molar-refractivity contribution in [2.75, 3.05) is 5.32 Å². The Bertz CT molecular complexity index is 842. The second-order valence-corrected chi connectivity index (χ2v) is 5.60. The quantitative estimate of drug-likeness (QED) is 0.754. The van der Waals surface area contributed by atoms with Crippen LogP contribution >= 0.6 is 0 Å². The molecule has 1 amide bonds. The van der Waals surface area contributed by atoms with Crippen LogP contribution in [0.4, 0.5) is 11.5 Å². The van der Waals surface area contributed by atoms with Crippen LogP contribution in [-0.4, -0.2) is 26.9 Å². The monoisotopic (exact) mass is 321 g/mol. The predicted molar refractivity (Wildman–Crippen MR) is 94.3 cm³/mol. The van der Waals surface area contributed by atoms with Crippen molar-refractivity contribution >= 4 is 28.3 Å². The van der Waals surface area contributed by atoms with E-state index < -0.39 is 0 Å². The molecule has 0 aliphatic carbocycles. The van der Waals surface area contributed by atoms with Crippen LogP contribution in [0.15, 0.2) is 49.1 Å². The van der Waals surface area contributed by atoms with E-state index in [9.17, 15) is 4.79 Å². The lowest BCUT2D eigenvalue weighted by molar-refractivity contribution is 0.0939. The number of benzene rings is 1. The molecule has 24 heavy (non-hydrogen) atoms. The van der Waals surface area contributed by atoms with Gasteiger partial charge in [-0.3, -0.25) is 9.78 Å². The summed E-state index contributed by atoms with van der Waals surface area (Å²) < 4.78 is 0. The Morgan fingerprint density at radius 1 is 1.17 bits per heavy atom. The molecule has 0 bridgehead atoms. The van der Waals surface area contributed by atoms with Crippen LogP contribution in [0.3, 0.4) is 0 Å². The minimum absolute atomic E-state index is 0.0607. The van der Waals surface area contributed by atoms with Crippen LogP contribution in [0.5, 0.6) is 0 Å². The summed E-state index contributed by atoms with van der Waals surface area (Å²) in [6, 6.07) is 9.35. The zero-order chi connectivity index (χ0) is 16.9. The minimum atomic E-state index is -0.0607. The number of anilines is 2. The molecule has 0 saturated heterocycles. The van der Waals surface area contributed by atoms with Gasteiger partial charge in [0.2, 0.25) is 0 Å². The fraction of sp³-hybridized carbons (Fsp3) is 0.222. The van der Waals surface area contributed by atoms with Crippen LogP contribution in [0.2, 0.25) is 0 Å². The molecule has 0 fully saturated rings. The second kappa shape index (κ2) is 7.04. The molecule has 2 N–H and O–H groups in total. The summed E-state index contributed by atoms with van der Waals surface area (Å²) in [5.74, 6) is 0.647. The SMILES string of the molecule is CCC(C)NC(=O)c1ccc(Nc2ncnc3cnccc23)cc1. The first kappa shape index (κ1) is 15.9. The van der Waals surface area contributed by atoms with Gasteiger partial charge in [-0.25, -0.2) is 9.97 Å². The maximum absolute atomic E-state index is 12.1. The highest BCUT2D eigenvalue weighted by atomic mass is 16.1. The molecular formula is C18H19N5O. The predicted octanol–water partition coefficient (Wildman–Crippen LogP) is 3.30. The van der Waals surface area contributed by atoms with Crippen molar-refractivity contribution in [3.05, 3.63) is 54.6 Å². The van der Waals surface area contributed by atoms with Crippen LogP contribution in [-0.2, 0) is 0 Å². The van der Waals surface area contributed by atoms with Crippen molar-refractivity contribution in [2.45, 2.75) is 26.3 Å². The first-order valence-corrected chi connectivity index (χ1v) is 7.90. The first-order valence-electron chi connectivity index (χ1n) is 7.90. The van der Waals surface area contributed by atoms with E-state index in [0.29, 0.717) is 11.4 Å². The van der Waals surface area contributed by atoms with Gasteiger partial charge in [0.05, 0.1) is 11.7 Å². The molecule has 0 spiro atoms. The molecule has 1 aromatic carbocycles. The van der Waals surface area contributed by atoms with Gasteiger partial charge < -0.3 is 10.6 Å². The van der Waals surface area contributed by atoms with Gasteiger partial charge in [0, 0.05) is 28.9 Å². The molecule has 6 nitrogen and oxygen atoms in total. The van der Waals surface area contributed by atoms with Crippen molar-refractivity contribution in [1.82, 2.24) is 20.3 Å². The second-order valence-electron chi connectivity index (χ2n) is 5.60. The van der Waals surface area contributed by atoms with Crippen LogP contribution < -0.4 is 10.6 Å². The molecule has 0 saturated carbocycles. The molecule has 0 radical (unpaired) electrons. The number of carbonyl (C=O) groups excluding carboxylic acids is 1. The Kier molecular flexibility index (Phi) is 4.65. The highest BCUT2D eigenvalue weighted by molar-refractivity contribution is 5.95. The lowest BCUT2D eigenvalue weighted by atomic mass is 10.1. The fourth-order valence-electron chi connectivity index (χ4n) is 2.26. The van der Waals surface area contributed by atoms with Gasteiger partial charge in [-0.1, -0.05) is 6.92 Å². The van der Waals surface area contributed by atoms with E-state index in [0.717, 1.165) is 23.0 Å². The molecule has 1 unspecified atom stereocenters. The lowest BCUT2D eigenvalue weighted by Gasteiger charge is -2.12. The summed E-state index contributed by atoms with van der Waals surface area (Å²) in [4.78, 5) is 24.6. The van der Waals surface area contributed by atoms with Gasteiger partial charge in [0.25, 0.3) is 5.91 Å². The number of nitrogens with one attached hydrogen (secondary N) is 2. The first-order chi connectivity index (χ1) is 11.7. The molecule has 3 aromatic rings. The minimum Gasteiger partial charge on any atom is -0.350 e. The number of hydrogen-bond acceptors (Lipinski definition) is 5. The average Bonchev–Trinajstić information content (AvgIpc) is 2.62. The number of fused-ring (bicyclic) bond motifs is 1. The van der Waals surface area contributed by atoms with Gasteiger partial charge >= 0.3 is 0 Å².